The molecule has 0 radical (unpaired) electrons. The van der Waals surface area contributed by atoms with Crippen molar-refractivity contribution in [3.63, 3.8) is 0 Å². The summed E-state index contributed by atoms with van der Waals surface area (Å²) < 4.78 is 5.27. The van der Waals surface area contributed by atoms with Gasteiger partial charge in [0.05, 0.1) is 5.52 Å². The number of benzene rings is 2. The second-order valence-electron chi connectivity index (χ2n) is 5.44. The van der Waals surface area contributed by atoms with Crippen LogP contribution < -0.4 is 5.73 Å². The second kappa shape index (κ2) is 7.03. The molecule has 2 aromatic carbocycles. The van der Waals surface area contributed by atoms with E-state index in [1.54, 1.807) is 6.20 Å². The Morgan fingerprint density at radius 1 is 1.04 bits per heavy atom. The van der Waals surface area contributed by atoms with Crippen LogP contribution in [0, 0.1) is 0 Å². The molecule has 0 spiro atoms. The fourth-order valence-corrected chi connectivity index (χ4v) is 2.40. The highest BCUT2D eigenvalue weighted by atomic mass is 16.5. The minimum atomic E-state index is -0.693. The molecular formula is C19H18N2O2. The SMILES string of the molecule is N[C@H](Cc1cnc2ccccc2c1)C(=O)OCc1ccccc1. The summed E-state index contributed by atoms with van der Waals surface area (Å²) in [5.41, 5.74) is 8.75. The van der Waals surface area contributed by atoms with Crippen LogP contribution in [0.4, 0.5) is 0 Å². The standard InChI is InChI=1S/C19H18N2O2/c20-17(19(22)23-13-14-6-2-1-3-7-14)11-15-10-16-8-4-5-9-18(16)21-12-15/h1-10,12,17H,11,13,20H2/t17-/m1/s1. The number of para-hydroxylation sites is 1. The molecule has 4 nitrogen and oxygen atoms in total. The number of esters is 1. The van der Waals surface area contributed by atoms with Crippen LogP contribution in [0.3, 0.4) is 0 Å². The lowest BCUT2D eigenvalue weighted by Crippen LogP contribution is -2.34. The van der Waals surface area contributed by atoms with Crippen molar-refractivity contribution < 1.29 is 9.53 Å². The summed E-state index contributed by atoms with van der Waals surface area (Å²) in [5, 5.41) is 1.04. The van der Waals surface area contributed by atoms with Gasteiger partial charge in [0.1, 0.15) is 12.6 Å². The number of fused-ring (bicyclic) bond motifs is 1. The van der Waals surface area contributed by atoms with E-state index in [-0.39, 0.29) is 6.61 Å². The molecule has 1 atom stereocenters. The molecule has 0 fully saturated rings. The van der Waals surface area contributed by atoms with Crippen LogP contribution in [-0.4, -0.2) is 17.0 Å². The Morgan fingerprint density at radius 3 is 2.61 bits per heavy atom. The molecule has 0 aliphatic carbocycles. The highest BCUT2D eigenvalue weighted by Crippen LogP contribution is 2.14. The van der Waals surface area contributed by atoms with Crippen LogP contribution in [0.5, 0.6) is 0 Å². The summed E-state index contributed by atoms with van der Waals surface area (Å²) in [6.45, 7) is 0.239. The zero-order valence-electron chi connectivity index (χ0n) is 12.7. The molecule has 0 aliphatic heterocycles. The molecule has 0 bridgehead atoms. The van der Waals surface area contributed by atoms with Crippen molar-refractivity contribution in [1.82, 2.24) is 4.98 Å². The number of hydrogen-bond donors (Lipinski definition) is 1. The van der Waals surface area contributed by atoms with E-state index in [4.69, 9.17) is 10.5 Å². The molecule has 23 heavy (non-hydrogen) atoms. The number of nitrogens with zero attached hydrogens (tertiary/aromatic N) is 1. The molecule has 0 unspecified atom stereocenters. The Morgan fingerprint density at radius 2 is 1.78 bits per heavy atom. The largest absolute Gasteiger partial charge is 0.460 e. The van der Waals surface area contributed by atoms with Crippen LogP contribution >= 0.6 is 0 Å². The molecule has 1 heterocycles. The smallest absolute Gasteiger partial charge is 0.323 e. The van der Waals surface area contributed by atoms with Gasteiger partial charge >= 0.3 is 5.97 Å². The van der Waals surface area contributed by atoms with Gasteiger partial charge in [-0.2, -0.15) is 0 Å². The zero-order valence-corrected chi connectivity index (χ0v) is 12.7. The van der Waals surface area contributed by atoms with Crippen molar-refractivity contribution >= 4 is 16.9 Å². The normalized spacial score (nSPS) is 12.0. The molecule has 0 amide bonds. The zero-order chi connectivity index (χ0) is 16.1. The first-order valence-electron chi connectivity index (χ1n) is 7.52. The Hall–Kier alpha value is -2.72. The third-order valence-corrected chi connectivity index (χ3v) is 3.63. The lowest BCUT2D eigenvalue weighted by molar-refractivity contribution is -0.146. The van der Waals surface area contributed by atoms with Gasteiger partial charge in [-0.25, -0.2) is 0 Å². The third kappa shape index (κ3) is 3.93. The van der Waals surface area contributed by atoms with Crippen molar-refractivity contribution in [3.05, 3.63) is 78.0 Å². The highest BCUT2D eigenvalue weighted by molar-refractivity contribution is 5.79. The van der Waals surface area contributed by atoms with Crippen molar-refractivity contribution in [2.45, 2.75) is 19.1 Å². The number of carbonyl (C=O) groups is 1. The maximum atomic E-state index is 12.0. The number of aromatic nitrogens is 1. The molecular weight excluding hydrogens is 288 g/mol. The number of hydrogen-bond acceptors (Lipinski definition) is 4. The fourth-order valence-electron chi connectivity index (χ4n) is 2.40. The summed E-state index contributed by atoms with van der Waals surface area (Å²) in [4.78, 5) is 16.4. The predicted molar refractivity (Wildman–Crippen MR) is 89.7 cm³/mol. The first-order chi connectivity index (χ1) is 11.2. The third-order valence-electron chi connectivity index (χ3n) is 3.63. The predicted octanol–water partition coefficient (Wildman–Crippen LogP) is 2.85. The van der Waals surface area contributed by atoms with Gasteiger partial charge < -0.3 is 10.5 Å². The van der Waals surface area contributed by atoms with Crippen LogP contribution in [-0.2, 0) is 22.6 Å². The quantitative estimate of drug-likeness (QED) is 0.736. The van der Waals surface area contributed by atoms with Gasteiger partial charge in [-0.3, -0.25) is 9.78 Å². The van der Waals surface area contributed by atoms with Gasteiger partial charge in [0.2, 0.25) is 0 Å². The van der Waals surface area contributed by atoms with Crippen molar-refractivity contribution in [2.24, 2.45) is 5.73 Å². The first-order valence-corrected chi connectivity index (χ1v) is 7.52. The number of carbonyl (C=O) groups excluding carboxylic acids is 1. The van der Waals surface area contributed by atoms with Gasteiger partial charge in [0.15, 0.2) is 0 Å². The van der Waals surface area contributed by atoms with Gasteiger partial charge in [0, 0.05) is 11.6 Å². The lowest BCUT2D eigenvalue weighted by Gasteiger charge is -2.12. The fraction of sp³-hybridized carbons (Fsp3) is 0.158. The Balaban J connectivity index is 1.60. The number of ether oxygens (including phenoxy) is 1. The van der Waals surface area contributed by atoms with E-state index < -0.39 is 12.0 Å². The average Bonchev–Trinajstić information content (AvgIpc) is 2.60. The first kappa shape index (κ1) is 15.2. The molecule has 0 saturated heterocycles. The molecule has 4 heteroatoms. The average molecular weight is 306 g/mol. The van der Waals surface area contributed by atoms with Crippen LogP contribution in [0.15, 0.2) is 66.9 Å². The summed E-state index contributed by atoms with van der Waals surface area (Å²) in [6, 6.07) is 18.7. The van der Waals surface area contributed by atoms with Gasteiger partial charge in [-0.15, -0.1) is 0 Å². The van der Waals surface area contributed by atoms with Crippen molar-refractivity contribution in [2.75, 3.05) is 0 Å². The maximum Gasteiger partial charge on any atom is 0.323 e. The van der Waals surface area contributed by atoms with E-state index in [0.29, 0.717) is 6.42 Å². The van der Waals surface area contributed by atoms with Gasteiger partial charge in [-0.1, -0.05) is 48.5 Å². The van der Waals surface area contributed by atoms with Crippen molar-refractivity contribution in [1.29, 1.82) is 0 Å². The molecule has 116 valence electrons. The Labute approximate surface area is 134 Å². The van der Waals surface area contributed by atoms with Gasteiger partial charge in [0.25, 0.3) is 0 Å². The Kier molecular flexibility index (Phi) is 4.64. The molecule has 3 aromatic rings. The maximum absolute atomic E-state index is 12.0. The molecule has 3 rings (SSSR count). The molecule has 1 aromatic heterocycles. The van der Waals surface area contributed by atoms with E-state index in [9.17, 15) is 4.79 Å². The lowest BCUT2D eigenvalue weighted by atomic mass is 10.1. The van der Waals surface area contributed by atoms with E-state index in [1.165, 1.54) is 0 Å². The summed E-state index contributed by atoms with van der Waals surface area (Å²) in [5.74, 6) is -0.401. The summed E-state index contributed by atoms with van der Waals surface area (Å²) in [6.07, 6.45) is 2.16. The highest BCUT2D eigenvalue weighted by Gasteiger charge is 2.16. The number of pyridine rings is 1. The topological polar surface area (TPSA) is 65.2 Å². The van der Waals surface area contributed by atoms with E-state index >= 15 is 0 Å². The molecule has 0 aliphatic rings. The van der Waals surface area contributed by atoms with E-state index in [1.807, 2.05) is 60.7 Å². The summed E-state index contributed by atoms with van der Waals surface area (Å²) in [7, 11) is 0. The van der Waals surface area contributed by atoms with Crippen LogP contribution in [0.2, 0.25) is 0 Å². The Bertz CT molecular complexity index is 803. The van der Waals surface area contributed by atoms with Crippen molar-refractivity contribution in [3.8, 4) is 0 Å². The minimum Gasteiger partial charge on any atom is -0.460 e. The van der Waals surface area contributed by atoms with Crippen LogP contribution in [0.25, 0.3) is 10.9 Å². The van der Waals surface area contributed by atoms with Crippen LogP contribution in [0.1, 0.15) is 11.1 Å². The monoisotopic (exact) mass is 306 g/mol. The second-order valence-corrected chi connectivity index (χ2v) is 5.44. The van der Waals surface area contributed by atoms with E-state index in [0.717, 1.165) is 22.0 Å². The molecule has 2 N–H and O–H groups in total. The van der Waals surface area contributed by atoms with Gasteiger partial charge in [-0.05, 0) is 29.7 Å². The number of nitrogens with two attached hydrogens (primary N) is 1. The van der Waals surface area contributed by atoms with E-state index in [2.05, 4.69) is 4.98 Å². The number of rotatable bonds is 5. The summed E-state index contributed by atoms with van der Waals surface area (Å²) >= 11 is 0. The minimum absolute atomic E-state index is 0.239. The molecule has 0 saturated carbocycles.